The Kier molecular flexibility index (Phi) is 5.64. The first-order valence-electron chi connectivity index (χ1n) is 9.28. The average Bonchev–Trinajstić information content (AvgIpc) is 3.19. The van der Waals surface area contributed by atoms with Crippen molar-refractivity contribution in [2.75, 3.05) is 46.9 Å². The van der Waals surface area contributed by atoms with Crippen LogP contribution >= 0.6 is 0 Å². The van der Waals surface area contributed by atoms with E-state index in [4.69, 9.17) is 9.47 Å². The molecule has 25 heavy (non-hydrogen) atoms. The van der Waals surface area contributed by atoms with Gasteiger partial charge in [0, 0.05) is 24.7 Å². The fourth-order valence-electron chi connectivity index (χ4n) is 3.34. The van der Waals surface area contributed by atoms with E-state index in [1.54, 1.807) is 0 Å². The molecule has 2 aliphatic heterocycles. The van der Waals surface area contributed by atoms with Crippen molar-refractivity contribution in [3.8, 4) is 5.75 Å². The quantitative estimate of drug-likeness (QED) is 0.712. The van der Waals surface area contributed by atoms with Gasteiger partial charge in [0.25, 0.3) is 0 Å². The third-order valence-electron chi connectivity index (χ3n) is 4.93. The maximum absolute atomic E-state index is 5.88. The predicted molar refractivity (Wildman–Crippen MR) is 102 cm³/mol. The number of likely N-dealkylation sites (tertiary alicyclic amines) is 1. The van der Waals surface area contributed by atoms with Crippen LogP contribution in [0.3, 0.4) is 0 Å². The highest BCUT2D eigenvalue weighted by molar-refractivity contribution is 5.95. The summed E-state index contributed by atoms with van der Waals surface area (Å²) < 4.78 is 11.6. The monoisotopic (exact) mass is 345 g/mol. The van der Waals surface area contributed by atoms with Crippen LogP contribution in [-0.4, -0.2) is 74.2 Å². The first-order chi connectivity index (χ1) is 11.9. The van der Waals surface area contributed by atoms with Gasteiger partial charge in [-0.05, 0) is 71.6 Å². The van der Waals surface area contributed by atoms with Gasteiger partial charge in [-0.2, -0.15) is 0 Å². The van der Waals surface area contributed by atoms with Gasteiger partial charge in [-0.15, -0.1) is 0 Å². The van der Waals surface area contributed by atoms with Gasteiger partial charge in [0.05, 0.1) is 12.1 Å². The van der Waals surface area contributed by atoms with Gasteiger partial charge in [-0.1, -0.05) is 0 Å². The van der Waals surface area contributed by atoms with Crippen LogP contribution in [0.15, 0.2) is 29.3 Å². The highest BCUT2D eigenvalue weighted by atomic mass is 16.5. The van der Waals surface area contributed by atoms with E-state index in [9.17, 15) is 0 Å². The van der Waals surface area contributed by atoms with Crippen LogP contribution < -0.4 is 4.74 Å². The van der Waals surface area contributed by atoms with E-state index in [0.717, 1.165) is 36.8 Å². The van der Waals surface area contributed by atoms with Gasteiger partial charge in [0.15, 0.2) is 0 Å². The maximum atomic E-state index is 5.88. The van der Waals surface area contributed by atoms with E-state index < -0.39 is 0 Å². The van der Waals surface area contributed by atoms with E-state index in [0.29, 0.717) is 12.6 Å². The van der Waals surface area contributed by atoms with E-state index in [1.807, 2.05) is 24.3 Å². The minimum atomic E-state index is -0.119. The fraction of sp³-hybridized carbons (Fsp3) is 0.650. The lowest BCUT2D eigenvalue weighted by atomic mass is 10.1. The number of ether oxygens (including phenoxy) is 2. The lowest BCUT2D eigenvalue weighted by molar-refractivity contribution is 0.242. The van der Waals surface area contributed by atoms with Crippen molar-refractivity contribution >= 4 is 5.90 Å². The molecule has 1 atom stereocenters. The highest BCUT2D eigenvalue weighted by Crippen LogP contribution is 2.22. The topological polar surface area (TPSA) is 37.3 Å². The third-order valence-corrected chi connectivity index (χ3v) is 4.93. The Bertz CT molecular complexity index is 595. The Morgan fingerprint density at radius 2 is 2.04 bits per heavy atom. The van der Waals surface area contributed by atoms with Gasteiger partial charge in [0.2, 0.25) is 5.90 Å². The molecule has 1 aromatic rings. The number of rotatable bonds is 7. The molecule has 138 valence electrons. The Hall–Kier alpha value is -1.59. The zero-order chi connectivity index (χ0) is 17.9. The van der Waals surface area contributed by atoms with Crippen molar-refractivity contribution < 1.29 is 9.47 Å². The molecule has 3 rings (SSSR count). The molecule has 1 saturated heterocycles. The Balaban J connectivity index is 1.40. The maximum Gasteiger partial charge on any atom is 0.216 e. The average molecular weight is 345 g/mol. The first kappa shape index (κ1) is 18.2. The molecule has 2 heterocycles. The number of hydrogen-bond donors (Lipinski definition) is 0. The van der Waals surface area contributed by atoms with Gasteiger partial charge in [-0.3, -0.25) is 0 Å². The van der Waals surface area contributed by atoms with Crippen LogP contribution in [0.1, 0.15) is 32.3 Å². The fourth-order valence-corrected chi connectivity index (χ4v) is 3.34. The molecule has 0 N–H and O–H groups in total. The van der Waals surface area contributed by atoms with Crippen LogP contribution in [0.5, 0.6) is 5.75 Å². The summed E-state index contributed by atoms with van der Waals surface area (Å²) in [6, 6.07) is 8.77. The summed E-state index contributed by atoms with van der Waals surface area (Å²) in [5.74, 6) is 1.65. The highest BCUT2D eigenvalue weighted by Gasteiger charge is 2.27. The summed E-state index contributed by atoms with van der Waals surface area (Å²) in [6.07, 6.45) is 2.34. The lowest BCUT2D eigenvalue weighted by Gasteiger charge is -2.20. The van der Waals surface area contributed by atoms with E-state index >= 15 is 0 Å². The van der Waals surface area contributed by atoms with Crippen molar-refractivity contribution in [2.24, 2.45) is 4.99 Å². The Labute approximate surface area is 151 Å². The van der Waals surface area contributed by atoms with E-state index in [-0.39, 0.29) is 5.54 Å². The van der Waals surface area contributed by atoms with Crippen molar-refractivity contribution in [3.05, 3.63) is 29.8 Å². The van der Waals surface area contributed by atoms with Gasteiger partial charge in [0.1, 0.15) is 12.4 Å². The minimum absolute atomic E-state index is 0.119. The normalized spacial score (nSPS) is 22.9. The smallest absolute Gasteiger partial charge is 0.216 e. The zero-order valence-corrected chi connectivity index (χ0v) is 16.0. The molecule has 0 aliphatic carbocycles. The molecule has 0 amide bonds. The zero-order valence-electron chi connectivity index (χ0n) is 16.0. The van der Waals surface area contributed by atoms with Crippen LogP contribution in [0.2, 0.25) is 0 Å². The number of aliphatic imine (C=N–C) groups is 1. The number of benzene rings is 1. The number of nitrogens with zero attached hydrogens (tertiary/aromatic N) is 3. The molecular formula is C20H31N3O2. The van der Waals surface area contributed by atoms with E-state index in [1.165, 1.54) is 19.5 Å². The van der Waals surface area contributed by atoms with Gasteiger partial charge < -0.3 is 19.3 Å². The Morgan fingerprint density at radius 3 is 2.64 bits per heavy atom. The molecule has 0 saturated carbocycles. The summed E-state index contributed by atoms with van der Waals surface area (Å²) in [7, 11) is 4.34. The molecule has 0 bridgehead atoms. The third kappa shape index (κ3) is 4.95. The van der Waals surface area contributed by atoms with E-state index in [2.05, 4.69) is 42.7 Å². The van der Waals surface area contributed by atoms with Crippen molar-refractivity contribution in [3.63, 3.8) is 0 Å². The molecule has 0 aromatic heterocycles. The Morgan fingerprint density at radius 1 is 1.28 bits per heavy atom. The molecule has 2 aliphatic rings. The predicted octanol–water partition coefficient (Wildman–Crippen LogP) is 2.65. The molecule has 5 nitrogen and oxygen atoms in total. The summed E-state index contributed by atoms with van der Waals surface area (Å²) in [4.78, 5) is 9.47. The molecule has 5 heteroatoms. The second kappa shape index (κ2) is 7.75. The lowest BCUT2D eigenvalue weighted by Crippen LogP contribution is -2.32. The number of hydrogen-bond acceptors (Lipinski definition) is 5. The van der Waals surface area contributed by atoms with Crippen LogP contribution in [0, 0.1) is 0 Å². The molecule has 0 radical (unpaired) electrons. The second-order valence-corrected chi connectivity index (χ2v) is 7.95. The summed E-state index contributed by atoms with van der Waals surface area (Å²) >= 11 is 0. The SMILES string of the molecule is CN(C)C1CCN(CCCOc2ccc(C3=NC(C)(C)CO3)cc2)C1. The van der Waals surface area contributed by atoms with Gasteiger partial charge in [-0.25, -0.2) is 4.99 Å². The van der Waals surface area contributed by atoms with Crippen molar-refractivity contribution in [2.45, 2.75) is 38.3 Å². The summed E-state index contributed by atoms with van der Waals surface area (Å²) in [6.45, 7) is 9.06. The first-order valence-corrected chi connectivity index (χ1v) is 9.28. The molecule has 0 spiro atoms. The molecule has 1 unspecified atom stereocenters. The molecular weight excluding hydrogens is 314 g/mol. The van der Waals surface area contributed by atoms with Crippen LogP contribution in [-0.2, 0) is 4.74 Å². The molecule has 1 fully saturated rings. The standard InChI is InChI=1S/C20H31N3O2/c1-20(2)15-25-19(21-20)16-6-8-18(9-7-16)24-13-5-11-23-12-10-17(14-23)22(3)4/h6-9,17H,5,10-15H2,1-4H3. The number of likely N-dealkylation sites (N-methyl/N-ethyl adjacent to an activating group) is 1. The second-order valence-electron chi connectivity index (χ2n) is 7.95. The van der Waals surface area contributed by atoms with Crippen LogP contribution in [0.4, 0.5) is 0 Å². The summed E-state index contributed by atoms with van der Waals surface area (Å²) in [5, 5.41) is 0. The molecule has 1 aromatic carbocycles. The van der Waals surface area contributed by atoms with Crippen molar-refractivity contribution in [1.82, 2.24) is 9.80 Å². The van der Waals surface area contributed by atoms with Crippen LogP contribution in [0.25, 0.3) is 0 Å². The largest absolute Gasteiger partial charge is 0.494 e. The van der Waals surface area contributed by atoms with Gasteiger partial charge >= 0.3 is 0 Å². The summed E-state index contributed by atoms with van der Waals surface area (Å²) in [5.41, 5.74) is 0.899. The minimum Gasteiger partial charge on any atom is -0.494 e. The van der Waals surface area contributed by atoms with Crippen molar-refractivity contribution in [1.29, 1.82) is 0 Å².